The van der Waals surface area contributed by atoms with Crippen LogP contribution in [0.5, 0.6) is 5.75 Å². The van der Waals surface area contributed by atoms with Gasteiger partial charge in [-0.3, -0.25) is 0 Å². The smallest absolute Gasteiger partial charge is 0.127 e. The van der Waals surface area contributed by atoms with E-state index in [9.17, 15) is 5.11 Å². The third-order valence-electron chi connectivity index (χ3n) is 4.70. The quantitative estimate of drug-likeness (QED) is 0.815. The highest BCUT2D eigenvalue weighted by Gasteiger charge is 2.13. The second-order valence-electron chi connectivity index (χ2n) is 6.52. The van der Waals surface area contributed by atoms with Crippen LogP contribution in [0.2, 0.25) is 0 Å². The van der Waals surface area contributed by atoms with Gasteiger partial charge in [-0.05, 0) is 37.3 Å². The first-order valence-electron chi connectivity index (χ1n) is 8.85. The largest absolute Gasteiger partial charge is 0.490 e. The predicted molar refractivity (Wildman–Crippen MR) is 94.9 cm³/mol. The molecule has 2 aromatic carbocycles. The molecule has 0 aliphatic heterocycles. The molecule has 0 aromatic heterocycles. The molecule has 2 aromatic rings. The van der Waals surface area contributed by atoms with Gasteiger partial charge in [0, 0.05) is 11.4 Å². The van der Waals surface area contributed by atoms with Crippen molar-refractivity contribution in [2.24, 2.45) is 0 Å². The number of ether oxygens (including phenoxy) is 1. The maximum atomic E-state index is 10.1. The van der Waals surface area contributed by atoms with Gasteiger partial charge in [-0.15, -0.1) is 0 Å². The number of rotatable bonds is 7. The normalized spacial score (nSPS) is 17.3. The highest BCUT2D eigenvalue weighted by atomic mass is 16.5. The molecule has 3 rings (SSSR count). The fourth-order valence-electron chi connectivity index (χ4n) is 3.35. The van der Waals surface area contributed by atoms with Crippen molar-refractivity contribution in [1.29, 1.82) is 0 Å². The standard InChI is InChI=1S/C20H27NO2/c22-18(13-14-21-17-9-2-1-3-10-17)15-23-20-12-6-8-16-7-4-5-11-19(16)20/h4-8,11-12,17-18,21-22H,1-3,9-10,13-15H2/t18-/m0/s1. The Morgan fingerprint density at radius 1 is 1.04 bits per heavy atom. The Morgan fingerprint density at radius 2 is 1.83 bits per heavy atom. The molecule has 124 valence electrons. The van der Waals surface area contributed by atoms with Crippen molar-refractivity contribution in [2.75, 3.05) is 13.2 Å². The SMILES string of the molecule is O[C@@H](CCNC1CCCCC1)COc1cccc2ccccc12. The lowest BCUT2D eigenvalue weighted by Crippen LogP contribution is -2.34. The number of nitrogens with one attached hydrogen (secondary N) is 1. The van der Waals surface area contributed by atoms with Gasteiger partial charge in [0.05, 0.1) is 6.10 Å². The molecule has 1 aliphatic rings. The molecule has 0 unspecified atom stereocenters. The van der Waals surface area contributed by atoms with Crippen molar-refractivity contribution in [1.82, 2.24) is 5.32 Å². The molecule has 0 bridgehead atoms. The summed E-state index contributed by atoms with van der Waals surface area (Å²) in [5.41, 5.74) is 0. The first kappa shape index (κ1) is 16.3. The highest BCUT2D eigenvalue weighted by Crippen LogP contribution is 2.25. The molecule has 0 heterocycles. The van der Waals surface area contributed by atoms with Gasteiger partial charge in [0.25, 0.3) is 0 Å². The molecule has 3 heteroatoms. The molecule has 0 spiro atoms. The Morgan fingerprint density at radius 3 is 2.70 bits per heavy atom. The van der Waals surface area contributed by atoms with Gasteiger partial charge in [-0.2, -0.15) is 0 Å². The summed E-state index contributed by atoms with van der Waals surface area (Å²) in [6, 6.07) is 14.9. The number of aliphatic hydroxyl groups excluding tert-OH is 1. The van der Waals surface area contributed by atoms with Crippen molar-refractivity contribution in [2.45, 2.75) is 50.7 Å². The van der Waals surface area contributed by atoms with Crippen LogP contribution in [0.1, 0.15) is 38.5 Å². The summed E-state index contributed by atoms with van der Waals surface area (Å²) in [5, 5.41) is 16.0. The number of aliphatic hydroxyl groups is 1. The summed E-state index contributed by atoms with van der Waals surface area (Å²) in [6.07, 6.45) is 6.92. The third kappa shape index (κ3) is 4.69. The zero-order valence-corrected chi connectivity index (χ0v) is 13.7. The fourth-order valence-corrected chi connectivity index (χ4v) is 3.35. The molecule has 0 radical (unpaired) electrons. The van der Waals surface area contributed by atoms with Crippen LogP contribution in [-0.4, -0.2) is 30.4 Å². The molecule has 2 N–H and O–H groups in total. The van der Waals surface area contributed by atoms with E-state index < -0.39 is 6.10 Å². The van der Waals surface area contributed by atoms with Crippen molar-refractivity contribution in [3.05, 3.63) is 42.5 Å². The molecule has 1 saturated carbocycles. The van der Waals surface area contributed by atoms with Crippen LogP contribution >= 0.6 is 0 Å². The minimum absolute atomic E-state index is 0.348. The lowest BCUT2D eigenvalue weighted by atomic mass is 9.95. The predicted octanol–water partition coefficient (Wildman–Crippen LogP) is 3.89. The van der Waals surface area contributed by atoms with Gasteiger partial charge >= 0.3 is 0 Å². The van der Waals surface area contributed by atoms with Crippen molar-refractivity contribution in [3.8, 4) is 5.75 Å². The van der Waals surface area contributed by atoms with E-state index in [0.29, 0.717) is 12.6 Å². The number of fused-ring (bicyclic) bond motifs is 1. The Labute approximate surface area is 138 Å². The summed E-state index contributed by atoms with van der Waals surface area (Å²) in [5.74, 6) is 0.849. The first-order chi connectivity index (χ1) is 11.3. The van der Waals surface area contributed by atoms with Gasteiger partial charge in [0.2, 0.25) is 0 Å². The molecule has 1 aliphatic carbocycles. The van der Waals surface area contributed by atoms with E-state index >= 15 is 0 Å². The van der Waals surface area contributed by atoms with E-state index in [1.165, 1.54) is 37.5 Å². The number of benzene rings is 2. The minimum Gasteiger partial charge on any atom is -0.490 e. The monoisotopic (exact) mass is 313 g/mol. The second-order valence-corrected chi connectivity index (χ2v) is 6.52. The number of hydrogen-bond acceptors (Lipinski definition) is 3. The Kier molecular flexibility index (Phi) is 5.89. The first-order valence-corrected chi connectivity index (χ1v) is 8.85. The van der Waals surface area contributed by atoms with Gasteiger partial charge in [0.15, 0.2) is 0 Å². The van der Waals surface area contributed by atoms with E-state index in [1.54, 1.807) is 0 Å². The zero-order chi connectivity index (χ0) is 15.9. The molecule has 1 atom stereocenters. The Hall–Kier alpha value is -1.58. The topological polar surface area (TPSA) is 41.5 Å². The fraction of sp³-hybridized carbons (Fsp3) is 0.500. The van der Waals surface area contributed by atoms with E-state index in [1.807, 2.05) is 24.3 Å². The van der Waals surface area contributed by atoms with Gasteiger partial charge in [-0.1, -0.05) is 55.7 Å². The van der Waals surface area contributed by atoms with Crippen LogP contribution in [-0.2, 0) is 0 Å². The van der Waals surface area contributed by atoms with Crippen molar-refractivity contribution < 1.29 is 9.84 Å². The van der Waals surface area contributed by atoms with E-state index in [4.69, 9.17) is 4.74 Å². The average molecular weight is 313 g/mol. The average Bonchev–Trinajstić information content (AvgIpc) is 2.61. The van der Waals surface area contributed by atoms with Crippen LogP contribution in [0, 0.1) is 0 Å². The van der Waals surface area contributed by atoms with Gasteiger partial charge in [0.1, 0.15) is 12.4 Å². The lowest BCUT2D eigenvalue weighted by molar-refractivity contribution is 0.0995. The molecular formula is C20H27NO2. The minimum atomic E-state index is -0.426. The van der Waals surface area contributed by atoms with Crippen LogP contribution in [0.4, 0.5) is 0 Å². The van der Waals surface area contributed by atoms with E-state index in [0.717, 1.165) is 24.1 Å². The summed E-state index contributed by atoms with van der Waals surface area (Å²) in [6.45, 7) is 1.21. The summed E-state index contributed by atoms with van der Waals surface area (Å²) in [4.78, 5) is 0. The molecule has 23 heavy (non-hydrogen) atoms. The molecule has 0 saturated heterocycles. The third-order valence-corrected chi connectivity index (χ3v) is 4.70. The van der Waals surface area contributed by atoms with Crippen LogP contribution in [0.3, 0.4) is 0 Å². The van der Waals surface area contributed by atoms with Crippen LogP contribution in [0.25, 0.3) is 10.8 Å². The highest BCUT2D eigenvalue weighted by molar-refractivity contribution is 5.88. The molecule has 3 nitrogen and oxygen atoms in total. The van der Waals surface area contributed by atoms with Gasteiger partial charge < -0.3 is 15.2 Å². The van der Waals surface area contributed by atoms with E-state index in [2.05, 4.69) is 23.5 Å². The van der Waals surface area contributed by atoms with Crippen LogP contribution < -0.4 is 10.1 Å². The summed E-state index contributed by atoms with van der Waals surface area (Å²) in [7, 11) is 0. The summed E-state index contributed by atoms with van der Waals surface area (Å²) >= 11 is 0. The zero-order valence-electron chi connectivity index (χ0n) is 13.7. The lowest BCUT2D eigenvalue weighted by Gasteiger charge is -2.23. The molecule has 0 amide bonds. The van der Waals surface area contributed by atoms with E-state index in [-0.39, 0.29) is 0 Å². The Balaban J connectivity index is 1.44. The second kappa shape index (κ2) is 8.32. The summed E-state index contributed by atoms with van der Waals surface area (Å²) < 4.78 is 5.85. The maximum Gasteiger partial charge on any atom is 0.127 e. The number of hydrogen-bond donors (Lipinski definition) is 2. The van der Waals surface area contributed by atoms with Gasteiger partial charge in [-0.25, -0.2) is 0 Å². The molecule has 1 fully saturated rings. The Bertz CT molecular complexity index is 602. The molecular weight excluding hydrogens is 286 g/mol. The van der Waals surface area contributed by atoms with Crippen LogP contribution in [0.15, 0.2) is 42.5 Å². The van der Waals surface area contributed by atoms with Crippen molar-refractivity contribution >= 4 is 10.8 Å². The maximum absolute atomic E-state index is 10.1. The van der Waals surface area contributed by atoms with Crippen molar-refractivity contribution in [3.63, 3.8) is 0 Å².